The Bertz CT molecular complexity index is 175. The van der Waals surface area contributed by atoms with Crippen molar-refractivity contribution in [1.29, 1.82) is 0 Å². The highest BCUT2D eigenvalue weighted by Crippen LogP contribution is 2.32. The summed E-state index contributed by atoms with van der Waals surface area (Å²) < 4.78 is 0. The van der Waals surface area contributed by atoms with Gasteiger partial charge in [0, 0.05) is 12.1 Å². The zero-order chi connectivity index (χ0) is 10.5. The Kier molecular flexibility index (Phi) is 4.45. The molecule has 1 saturated carbocycles. The van der Waals surface area contributed by atoms with Gasteiger partial charge in [0.1, 0.15) is 0 Å². The lowest BCUT2D eigenvalue weighted by Crippen LogP contribution is -2.34. The zero-order valence-electron chi connectivity index (χ0n) is 10.1. The van der Waals surface area contributed by atoms with Gasteiger partial charge in [-0.25, -0.2) is 0 Å². The fourth-order valence-electron chi connectivity index (χ4n) is 2.76. The van der Waals surface area contributed by atoms with Gasteiger partial charge in [0.05, 0.1) is 0 Å². The van der Waals surface area contributed by atoms with Crippen molar-refractivity contribution in [3.05, 3.63) is 0 Å². The fraction of sp³-hybridized carbons (Fsp3) is 1.00. The Morgan fingerprint density at radius 1 is 1.33 bits per heavy atom. The summed E-state index contributed by atoms with van der Waals surface area (Å²) in [6.07, 6.45) is 9.74. The monoisotopic (exact) mass is 210 g/mol. The molecular weight excluding hydrogens is 184 g/mol. The first-order chi connectivity index (χ1) is 7.40. The summed E-state index contributed by atoms with van der Waals surface area (Å²) in [5.74, 6) is 0.998. The highest BCUT2D eigenvalue weighted by molar-refractivity contribution is 4.91. The van der Waals surface area contributed by atoms with Crippen molar-refractivity contribution in [3.63, 3.8) is 0 Å². The molecule has 0 aromatic rings. The molecule has 2 N–H and O–H groups in total. The number of piperidine rings is 1. The predicted octanol–water partition coefficient (Wildman–Crippen LogP) is 2.30. The second-order valence-electron chi connectivity index (χ2n) is 5.25. The molecule has 0 bridgehead atoms. The van der Waals surface area contributed by atoms with Crippen LogP contribution in [0.5, 0.6) is 0 Å². The minimum atomic E-state index is 0.821. The molecule has 0 spiro atoms. The van der Waals surface area contributed by atoms with Crippen LogP contribution in [0.4, 0.5) is 0 Å². The van der Waals surface area contributed by atoms with E-state index >= 15 is 0 Å². The molecule has 0 amide bonds. The summed E-state index contributed by atoms with van der Waals surface area (Å²) in [5.41, 5.74) is 0. The maximum Gasteiger partial charge on any atom is 0.00990 e. The Balaban J connectivity index is 1.45. The van der Waals surface area contributed by atoms with Gasteiger partial charge in [0.15, 0.2) is 0 Å². The summed E-state index contributed by atoms with van der Waals surface area (Å²) in [4.78, 5) is 0. The second kappa shape index (κ2) is 5.86. The van der Waals surface area contributed by atoms with Crippen molar-refractivity contribution >= 4 is 0 Å². The third-order valence-corrected chi connectivity index (χ3v) is 4.00. The molecule has 1 heterocycles. The number of nitrogens with one attached hydrogen (secondary N) is 2. The normalized spacial score (nSPS) is 35.4. The zero-order valence-corrected chi connectivity index (χ0v) is 10.1. The van der Waals surface area contributed by atoms with Gasteiger partial charge < -0.3 is 10.6 Å². The summed E-state index contributed by atoms with van der Waals surface area (Å²) in [5, 5.41) is 7.28. The number of hydrogen-bond donors (Lipinski definition) is 2. The van der Waals surface area contributed by atoms with E-state index in [9.17, 15) is 0 Å². The van der Waals surface area contributed by atoms with Crippen molar-refractivity contribution in [2.75, 3.05) is 13.1 Å². The van der Waals surface area contributed by atoms with E-state index in [-0.39, 0.29) is 0 Å². The van der Waals surface area contributed by atoms with E-state index in [2.05, 4.69) is 17.6 Å². The predicted molar refractivity (Wildman–Crippen MR) is 65.1 cm³/mol. The SMILES string of the molecule is CCC1CC1NCCCC1CCCCN1. The van der Waals surface area contributed by atoms with Crippen molar-refractivity contribution in [2.24, 2.45) is 5.92 Å². The molecule has 15 heavy (non-hydrogen) atoms. The van der Waals surface area contributed by atoms with Gasteiger partial charge in [-0.2, -0.15) is 0 Å². The van der Waals surface area contributed by atoms with Gasteiger partial charge in [-0.3, -0.25) is 0 Å². The van der Waals surface area contributed by atoms with Gasteiger partial charge >= 0.3 is 0 Å². The van der Waals surface area contributed by atoms with Crippen molar-refractivity contribution in [1.82, 2.24) is 10.6 Å². The first-order valence-electron chi connectivity index (χ1n) is 6.87. The molecule has 2 heteroatoms. The molecule has 88 valence electrons. The van der Waals surface area contributed by atoms with Crippen LogP contribution in [0.25, 0.3) is 0 Å². The van der Waals surface area contributed by atoms with Crippen LogP contribution in [0.3, 0.4) is 0 Å². The van der Waals surface area contributed by atoms with E-state index < -0.39 is 0 Å². The molecule has 2 rings (SSSR count). The summed E-state index contributed by atoms with van der Waals surface area (Å²) in [6.45, 7) is 4.79. The van der Waals surface area contributed by atoms with Gasteiger partial charge in [-0.15, -0.1) is 0 Å². The smallest absolute Gasteiger partial charge is 0.00990 e. The average Bonchev–Trinajstić information content (AvgIpc) is 3.05. The van der Waals surface area contributed by atoms with Crippen LogP contribution >= 0.6 is 0 Å². The molecule has 2 fully saturated rings. The van der Waals surface area contributed by atoms with E-state index in [1.807, 2.05) is 0 Å². The lowest BCUT2D eigenvalue weighted by molar-refractivity contribution is 0.372. The minimum absolute atomic E-state index is 0.821. The molecule has 3 atom stereocenters. The van der Waals surface area contributed by atoms with Gasteiger partial charge in [0.2, 0.25) is 0 Å². The highest BCUT2D eigenvalue weighted by Gasteiger charge is 2.34. The quantitative estimate of drug-likeness (QED) is 0.657. The molecule has 1 aliphatic heterocycles. The number of hydrogen-bond acceptors (Lipinski definition) is 2. The summed E-state index contributed by atoms with van der Waals surface area (Å²) in [6, 6.07) is 1.69. The lowest BCUT2D eigenvalue weighted by atomic mass is 10.0. The second-order valence-corrected chi connectivity index (χ2v) is 5.25. The summed E-state index contributed by atoms with van der Waals surface area (Å²) >= 11 is 0. The Morgan fingerprint density at radius 2 is 2.27 bits per heavy atom. The van der Waals surface area contributed by atoms with E-state index in [0.29, 0.717) is 0 Å². The van der Waals surface area contributed by atoms with Crippen molar-refractivity contribution < 1.29 is 0 Å². The Morgan fingerprint density at radius 3 is 2.93 bits per heavy atom. The highest BCUT2D eigenvalue weighted by atomic mass is 15.0. The van der Waals surface area contributed by atoms with E-state index in [1.54, 1.807) is 0 Å². The molecule has 2 aliphatic rings. The third kappa shape index (κ3) is 3.76. The van der Waals surface area contributed by atoms with Crippen molar-refractivity contribution in [3.8, 4) is 0 Å². The molecular formula is C13H26N2. The fourth-order valence-corrected chi connectivity index (χ4v) is 2.76. The van der Waals surface area contributed by atoms with Crippen LogP contribution in [0.2, 0.25) is 0 Å². The molecule has 0 aromatic heterocycles. The van der Waals surface area contributed by atoms with Crippen LogP contribution in [0, 0.1) is 5.92 Å². The van der Waals surface area contributed by atoms with E-state index in [0.717, 1.165) is 18.0 Å². The third-order valence-electron chi connectivity index (χ3n) is 4.00. The van der Waals surface area contributed by atoms with Gasteiger partial charge in [-0.05, 0) is 51.1 Å². The first-order valence-corrected chi connectivity index (χ1v) is 6.87. The first kappa shape index (κ1) is 11.4. The lowest BCUT2D eigenvalue weighted by Gasteiger charge is -2.23. The van der Waals surface area contributed by atoms with Gasteiger partial charge in [0.25, 0.3) is 0 Å². The van der Waals surface area contributed by atoms with Crippen LogP contribution in [-0.4, -0.2) is 25.2 Å². The van der Waals surface area contributed by atoms with Crippen LogP contribution in [-0.2, 0) is 0 Å². The molecule has 0 radical (unpaired) electrons. The molecule has 3 unspecified atom stereocenters. The summed E-state index contributed by atoms with van der Waals surface area (Å²) in [7, 11) is 0. The van der Waals surface area contributed by atoms with Gasteiger partial charge in [-0.1, -0.05) is 19.8 Å². The largest absolute Gasteiger partial charge is 0.314 e. The Hall–Kier alpha value is -0.0800. The topological polar surface area (TPSA) is 24.1 Å². The van der Waals surface area contributed by atoms with E-state index in [4.69, 9.17) is 0 Å². The standard InChI is InChI=1S/C13H26N2/c1-2-11-10-13(11)15-9-5-7-12-6-3-4-8-14-12/h11-15H,2-10H2,1H3. The van der Waals surface area contributed by atoms with Crippen LogP contribution in [0.15, 0.2) is 0 Å². The molecule has 0 aromatic carbocycles. The number of rotatable bonds is 6. The van der Waals surface area contributed by atoms with Crippen molar-refractivity contribution in [2.45, 2.75) is 64.0 Å². The maximum absolute atomic E-state index is 3.67. The Labute approximate surface area is 94.2 Å². The van der Waals surface area contributed by atoms with Crippen LogP contribution < -0.4 is 10.6 Å². The maximum atomic E-state index is 3.67. The van der Waals surface area contributed by atoms with E-state index in [1.165, 1.54) is 58.0 Å². The minimum Gasteiger partial charge on any atom is -0.314 e. The molecule has 1 aliphatic carbocycles. The van der Waals surface area contributed by atoms with Crippen LogP contribution in [0.1, 0.15) is 51.9 Å². The average molecular weight is 210 g/mol. The molecule has 2 nitrogen and oxygen atoms in total. The molecule has 1 saturated heterocycles.